The normalized spacial score (nSPS) is 16.3. The number of methoxy groups -OCH3 is 1. The minimum atomic E-state index is -0.327. The molecule has 6 nitrogen and oxygen atoms in total. The fourth-order valence-electron chi connectivity index (χ4n) is 4.96. The van der Waals surface area contributed by atoms with Crippen LogP contribution >= 0.6 is 11.3 Å². The zero-order chi connectivity index (χ0) is 23.4. The van der Waals surface area contributed by atoms with E-state index in [-0.39, 0.29) is 12.0 Å². The lowest BCUT2D eigenvalue weighted by Gasteiger charge is -2.11. The Balaban J connectivity index is 1.42. The lowest BCUT2D eigenvalue weighted by molar-refractivity contribution is 0.0600. The lowest BCUT2D eigenvalue weighted by atomic mass is 9.96. The first kappa shape index (κ1) is 21.0. The molecule has 34 heavy (non-hydrogen) atoms. The molecule has 1 atom stereocenters. The number of aromatic nitrogens is 3. The van der Waals surface area contributed by atoms with Gasteiger partial charge in [0.05, 0.1) is 18.4 Å². The van der Waals surface area contributed by atoms with Crippen LogP contribution in [0.5, 0.6) is 0 Å². The van der Waals surface area contributed by atoms with Crippen molar-refractivity contribution in [3.8, 4) is 16.1 Å². The van der Waals surface area contributed by atoms with Gasteiger partial charge in [0.1, 0.15) is 16.9 Å². The number of aliphatic imine (C=N–C) groups is 1. The van der Waals surface area contributed by atoms with Gasteiger partial charge in [0.15, 0.2) is 5.82 Å². The highest BCUT2D eigenvalue weighted by molar-refractivity contribution is 7.15. The first-order valence-electron chi connectivity index (χ1n) is 11.5. The molecule has 0 fully saturated rings. The fourth-order valence-corrected chi connectivity index (χ4v) is 6.41. The van der Waals surface area contributed by atoms with E-state index < -0.39 is 0 Å². The summed E-state index contributed by atoms with van der Waals surface area (Å²) in [6, 6.07) is 16.0. The summed E-state index contributed by atoms with van der Waals surface area (Å²) in [7, 11) is 1.39. The number of fused-ring (bicyclic) bond motifs is 5. The van der Waals surface area contributed by atoms with E-state index >= 15 is 0 Å². The summed E-state index contributed by atoms with van der Waals surface area (Å²) in [5.41, 5.74) is 7.52. The predicted molar refractivity (Wildman–Crippen MR) is 133 cm³/mol. The topological polar surface area (TPSA) is 69.4 Å². The smallest absolute Gasteiger partial charge is 0.337 e. The van der Waals surface area contributed by atoms with Crippen molar-refractivity contribution in [1.29, 1.82) is 0 Å². The summed E-state index contributed by atoms with van der Waals surface area (Å²) >= 11 is 1.87. The van der Waals surface area contributed by atoms with Gasteiger partial charge in [-0.1, -0.05) is 36.4 Å². The maximum atomic E-state index is 11.7. The number of hydrogen-bond donors (Lipinski definition) is 0. The number of carbonyl (C=O) groups excluding carboxylic acids is 1. The second kappa shape index (κ2) is 8.02. The Morgan fingerprint density at radius 1 is 1.00 bits per heavy atom. The minimum absolute atomic E-state index is 0.0848. The van der Waals surface area contributed by atoms with Crippen LogP contribution in [0.3, 0.4) is 0 Å². The van der Waals surface area contributed by atoms with Crippen molar-refractivity contribution in [1.82, 2.24) is 14.8 Å². The number of aryl methyl sites for hydroxylation is 2. The first-order chi connectivity index (χ1) is 16.5. The van der Waals surface area contributed by atoms with E-state index in [1.165, 1.54) is 34.5 Å². The van der Waals surface area contributed by atoms with Crippen LogP contribution in [0.2, 0.25) is 0 Å². The van der Waals surface area contributed by atoms with E-state index in [4.69, 9.17) is 9.73 Å². The molecule has 2 aliphatic rings. The largest absolute Gasteiger partial charge is 0.465 e. The predicted octanol–water partition coefficient (Wildman–Crippen LogP) is 5.49. The van der Waals surface area contributed by atoms with Gasteiger partial charge in [-0.25, -0.2) is 4.79 Å². The molecule has 3 heterocycles. The van der Waals surface area contributed by atoms with Crippen molar-refractivity contribution in [3.63, 3.8) is 0 Å². The van der Waals surface area contributed by atoms with Crippen LogP contribution in [-0.4, -0.2) is 33.6 Å². The SMILES string of the molecule is COC(=O)c1ccc(-c2ccc(C3=N[C@@H](C)c4nnc(C)n4-c4sc5c(c43)CCC5)cc2)cc1. The average molecular weight is 469 g/mol. The third-order valence-electron chi connectivity index (χ3n) is 6.69. The third-order valence-corrected chi connectivity index (χ3v) is 7.96. The fraction of sp³-hybridized carbons (Fsp3) is 0.259. The van der Waals surface area contributed by atoms with Gasteiger partial charge in [0.25, 0.3) is 0 Å². The van der Waals surface area contributed by atoms with Crippen LogP contribution < -0.4 is 0 Å². The summed E-state index contributed by atoms with van der Waals surface area (Å²) < 4.78 is 7.01. The standard InChI is InChI=1S/C27H24N4O2S/c1-15-25-30-29-16(2)31(25)26-23(21-5-4-6-22(21)34-26)24(28-15)19-11-7-17(8-12-19)18-9-13-20(14-10-18)27(32)33-3/h7-15H,4-6H2,1-3H3/t15-/m0/s1. The maximum absolute atomic E-state index is 11.7. The van der Waals surface area contributed by atoms with Gasteiger partial charge in [-0.05, 0) is 61.9 Å². The molecule has 7 heteroatoms. The Morgan fingerprint density at radius 3 is 2.38 bits per heavy atom. The number of nitrogens with zero attached hydrogens (tertiary/aromatic N) is 4. The van der Waals surface area contributed by atoms with Crippen molar-refractivity contribution < 1.29 is 9.53 Å². The Hall–Kier alpha value is -3.58. The van der Waals surface area contributed by atoms with Gasteiger partial charge in [0, 0.05) is 16.0 Å². The van der Waals surface area contributed by atoms with Gasteiger partial charge in [-0.2, -0.15) is 0 Å². The number of carbonyl (C=O) groups is 1. The number of ether oxygens (including phenoxy) is 1. The molecule has 170 valence electrons. The second-order valence-electron chi connectivity index (χ2n) is 8.78. The van der Waals surface area contributed by atoms with Crippen LogP contribution in [0.15, 0.2) is 53.5 Å². The number of rotatable bonds is 3. The van der Waals surface area contributed by atoms with Gasteiger partial charge in [-0.15, -0.1) is 21.5 Å². The molecule has 6 rings (SSSR count). The van der Waals surface area contributed by atoms with Gasteiger partial charge >= 0.3 is 5.97 Å². The third kappa shape index (κ3) is 3.22. The van der Waals surface area contributed by atoms with Crippen molar-refractivity contribution in [2.45, 2.75) is 39.2 Å². The molecule has 0 saturated heterocycles. The summed E-state index contributed by atoms with van der Waals surface area (Å²) in [5.74, 6) is 1.48. The van der Waals surface area contributed by atoms with Crippen molar-refractivity contribution in [3.05, 3.63) is 87.3 Å². The van der Waals surface area contributed by atoms with E-state index in [0.29, 0.717) is 5.56 Å². The molecule has 2 aromatic heterocycles. The molecule has 0 radical (unpaired) electrons. The average Bonchev–Trinajstić information content (AvgIpc) is 3.54. The zero-order valence-electron chi connectivity index (χ0n) is 19.3. The van der Waals surface area contributed by atoms with Crippen LogP contribution in [0, 0.1) is 6.92 Å². The van der Waals surface area contributed by atoms with Gasteiger partial charge in [-0.3, -0.25) is 9.56 Å². The molecule has 0 amide bonds. The van der Waals surface area contributed by atoms with Crippen LogP contribution in [0.4, 0.5) is 0 Å². The molecule has 1 aliphatic carbocycles. The maximum Gasteiger partial charge on any atom is 0.337 e. The molecule has 4 aromatic rings. The summed E-state index contributed by atoms with van der Waals surface area (Å²) in [5, 5.41) is 10.0. The molecule has 1 aliphatic heterocycles. The van der Waals surface area contributed by atoms with Gasteiger partial charge in [0.2, 0.25) is 0 Å². The van der Waals surface area contributed by atoms with E-state index in [1.54, 1.807) is 12.1 Å². The molecule has 0 spiro atoms. The summed E-state index contributed by atoms with van der Waals surface area (Å²) in [6.07, 6.45) is 3.42. The second-order valence-corrected chi connectivity index (χ2v) is 9.86. The Bertz CT molecular complexity index is 1450. The lowest BCUT2D eigenvalue weighted by Crippen LogP contribution is -2.08. The highest BCUT2D eigenvalue weighted by Gasteiger charge is 2.32. The Morgan fingerprint density at radius 2 is 1.68 bits per heavy atom. The molecule has 0 bridgehead atoms. The highest BCUT2D eigenvalue weighted by Crippen LogP contribution is 2.42. The van der Waals surface area contributed by atoms with Crippen molar-refractivity contribution in [2.75, 3.05) is 7.11 Å². The van der Waals surface area contributed by atoms with Crippen LogP contribution in [-0.2, 0) is 17.6 Å². The molecule has 2 aromatic carbocycles. The van der Waals surface area contributed by atoms with Crippen LogP contribution in [0.1, 0.15) is 63.0 Å². The van der Waals surface area contributed by atoms with E-state index in [0.717, 1.165) is 46.9 Å². The summed E-state index contributed by atoms with van der Waals surface area (Å²) in [6.45, 7) is 4.11. The highest BCUT2D eigenvalue weighted by atomic mass is 32.1. The van der Waals surface area contributed by atoms with Crippen molar-refractivity contribution >= 4 is 23.0 Å². The number of benzene rings is 2. The summed E-state index contributed by atoms with van der Waals surface area (Å²) in [4.78, 5) is 18.4. The van der Waals surface area contributed by atoms with Gasteiger partial charge < -0.3 is 4.74 Å². The Labute approximate surface area is 202 Å². The number of esters is 1. The monoisotopic (exact) mass is 468 g/mol. The molecule has 0 saturated carbocycles. The quantitative estimate of drug-likeness (QED) is 0.373. The van der Waals surface area contributed by atoms with E-state index in [9.17, 15) is 4.79 Å². The molecular formula is C27H24N4O2S. The molecule has 0 unspecified atom stereocenters. The van der Waals surface area contributed by atoms with Crippen LogP contribution in [0.25, 0.3) is 16.1 Å². The van der Waals surface area contributed by atoms with E-state index in [1.807, 2.05) is 30.4 Å². The minimum Gasteiger partial charge on any atom is -0.465 e. The van der Waals surface area contributed by atoms with Crippen molar-refractivity contribution in [2.24, 2.45) is 4.99 Å². The molecule has 0 N–H and O–H groups in total. The van der Waals surface area contributed by atoms with E-state index in [2.05, 4.69) is 46.0 Å². The first-order valence-corrected chi connectivity index (χ1v) is 12.3. The Kier molecular flexibility index (Phi) is 4.95. The number of hydrogen-bond acceptors (Lipinski definition) is 6. The number of thiophene rings is 1. The zero-order valence-corrected chi connectivity index (χ0v) is 20.1. The molecular weight excluding hydrogens is 444 g/mol.